The molecule has 8 heteroatoms. The highest BCUT2D eigenvalue weighted by atomic mass is 35.5. The van der Waals surface area contributed by atoms with Crippen molar-refractivity contribution in [2.45, 2.75) is 43.2 Å². The summed E-state index contributed by atoms with van der Waals surface area (Å²) in [5, 5.41) is 1.11. The molecule has 0 spiro atoms. The molecule has 4 rings (SSSR count). The van der Waals surface area contributed by atoms with Crippen LogP contribution in [0.5, 0.6) is 0 Å². The van der Waals surface area contributed by atoms with Crippen LogP contribution in [0.15, 0.2) is 59.6 Å². The van der Waals surface area contributed by atoms with Gasteiger partial charge in [0.15, 0.2) is 9.84 Å². The Morgan fingerprint density at radius 3 is 2.52 bits per heavy atom. The minimum Gasteiger partial charge on any atom is -0.372 e. The Balaban J connectivity index is 1.65. The van der Waals surface area contributed by atoms with Gasteiger partial charge in [0.05, 0.1) is 22.9 Å². The van der Waals surface area contributed by atoms with Crippen molar-refractivity contribution in [3.8, 4) is 0 Å². The number of rotatable bonds is 5. The molecule has 1 fully saturated rings. The number of fused-ring (bicyclic) bond motifs is 1. The fourth-order valence-electron chi connectivity index (χ4n) is 4.14. The Morgan fingerprint density at radius 2 is 1.81 bits per heavy atom. The highest BCUT2D eigenvalue weighted by Crippen LogP contribution is 2.29. The van der Waals surface area contributed by atoms with E-state index in [1.807, 2.05) is 26.0 Å². The molecule has 0 saturated carbocycles. The maximum atomic E-state index is 13.2. The van der Waals surface area contributed by atoms with Crippen LogP contribution in [0, 0.1) is 0 Å². The van der Waals surface area contributed by atoms with Gasteiger partial charge in [-0.2, -0.15) is 0 Å². The van der Waals surface area contributed by atoms with Crippen LogP contribution in [0.4, 0.5) is 0 Å². The molecule has 0 bridgehead atoms. The zero-order chi connectivity index (χ0) is 22.2. The summed E-state index contributed by atoms with van der Waals surface area (Å²) in [6, 6.07) is 14.1. The number of halogens is 1. The summed E-state index contributed by atoms with van der Waals surface area (Å²) in [7, 11) is -3.64. The summed E-state index contributed by atoms with van der Waals surface area (Å²) in [5.74, 6) is -0.213. The molecule has 3 aromatic rings. The van der Waals surface area contributed by atoms with Gasteiger partial charge in [0, 0.05) is 35.2 Å². The molecule has 0 aliphatic carbocycles. The van der Waals surface area contributed by atoms with Gasteiger partial charge in [0.25, 0.3) is 0 Å². The Morgan fingerprint density at radius 1 is 1.10 bits per heavy atom. The quantitative estimate of drug-likeness (QED) is 0.579. The number of amides is 1. The van der Waals surface area contributed by atoms with Crippen molar-refractivity contribution in [3.63, 3.8) is 0 Å². The molecule has 0 unspecified atom stereocenters. The number of ether oxygens (including phenoxy) is 1. The van der Waals surface area contributed by atoms with E-state index in [2.05, 4.69) is 0 Å². The molecule has 6 nitrogen and oxygen atoms in total. The van der Waals surface area contributed by atoms with Gasteiger partial charge in [-0.05, 0) is 37.6 Å². The van der Waals surface area contributed by atoms with Crippen LogP contribution in [0.25, 0.3) is 10.9 Å². The third-order valence-corrected chi connectivity index (χ3v) is 7.35. The molecule has 0 N–H and O–H groups in total. The Hall–Kier alpha value is -2.35. The van der Waals surface area contributed by atoms with Gasteiger partial charge in [-0.3, -0.25) is 4.79 Å². The summed E-state index contributed by atoms with van der Waals surface area (Å²) < 4.78 is 33.9. The standard InChI is InChI=1S/C23H25ClN2O4S/c1-16-11-26(12-17(2)30-16)23(27)14-25-13-22(20-8-3-4-9-21(20)25)31(28,29)15-18-6-5-7-19(24)10-18/h3-10,13,16-17H,11-12,14-15H2,1-2H3/t16-,17-/m1/s1. The molecule has 1 saturated heterocycles. The minimum absolute atomic E-state index is 0.0252. The van der Waals surface area contributed by atoms with E-state index in [0.717, 1.165) is 5.52 Å². The van der Waals surface area contributed by atoms with Crippen LogP contribution in [0.3, 0.4) is 0 Å². The SMILES string of the molecule is C[C@@H]1CN(C(=O)Cn2cc(S(=O)(=O)Cc3cccc(Cl)c3)c3ccccc32)C[C@@H](C)O1. The predicted molar refractivity (Wildman–Crippen MR) is 121 cm³/mol. The van der Waals surface area contributed by atoms with Crippen LogP contribution in [-0.2, 0) is 31.7 Å². The number of benzene rings is 2. The monoisotopic (exact) mass is 460 g/mol. The molecule has 2 heterocycles. The van der Waals surface area contributed by atoms with Crippen LogP contribution < -0.4 is 0 Å². The normalized spacial score (nSPS) is 19.6. The summed E-state index contributed by atoms with van der Waals surface area (Å²) in [6.07, 6.45) is 1.53. The molecule has 0 radical (unpaired) electrons. The van der Waals surface area contributed by atoms with Crippen molar-refractivity contribution in [1.29, 1.82) is 0 Å². The number of hydrogen-bond donors (Lipinski definition) is 0. The molecular formula is C23H25ClN2O4S. The van der Waals surface area contributed by atoms with Gasteiger partial charge >= 0.3 is 0 Å². The van der Waals surface area contributed by atoms with Crippen molar-refractivity contribution >= 4 is 38.2 Å². The van der Waals surface area contributed by atoms with E-state index in [9.17, 15) is 13.2 Å². The van der Waals surface area contributed by atoms with Gasteiger partial charge in [-0.1, -0.05) is 41.9 Å². The number of hydrogen-bond acceptors (Lipinski definition) is 4. The fourth-order valence-corrected chi connectivity index (χ4v) is 5.93. The highest BCUT2D eigenvalue weighted by Gasteiger charge is 2.27. The van der Waals surface area contributed by atoms with E-state index in [1.54, 1.807) is 52.1 Å². The molecule has 1 aromatic heterocycles. The van der Waals surface area contributed by atoms with Crippen LogP contribution >= 0.6 is 11.6 Å². The molecule has 31 heavy (non-hydrogen) atoms. The van der Waals surface area contributed by atoms with E-state index in [1.165, 1.54) is 0 Å². The average Bonchev–Trinajstić information content (AvgIpc) is 3.06. The lowest BCUT2D eigenvalue weighted by Gasteiger charge is -2.35. The van der Waals surface area contributed by atoms with Crippen molar-refractivity contribution in [2.24, 2.45) is 0 Å². The Labute approximate surface area is 187 Å². The number of carbonyl (C=O) groups excluding carboxylic acids is 1. The van der Waals surface area contributed by atoms with Gasteiger partial charge in [-0.15, -0.1) is 0 Å². The Bertz CT molecular complexity index is 1210. The first kappa shape index (κ1) is 21.9. The summed E-state index contributed by atoms with van der Waals surface area (Å²) in [6.45, 7) is 5.03. The second-order valence-electron chi connectivity index (χ2n) is 8.08. The van der Waals surface area contributed by atoms with Crippen LogP contribution in [0.1, 0.15) is 19.4 Å². The number of nitrogens with zero attached hydrogens (tertiary/aromatic N) is 2. The van der Waals surface area contributed by atoms with Crippen LogP contribution in [0.2, 0.25) is 5.02 Å². The number of aromatic nitrogens is 1. The first-order valence-corrected chi connectivity index (χ1v) is 12.2. The van der Waals surface area contributed by atoms with E-state index in [-0.39, 0.29) is 35.3 Å². The number of morpholine rings is 1. The van der Waals surface area contributed by atoms with Crippen molar-refractivity contribution in [2.75, 3.05) is 13.1 Å². The van der Waals surface area contributed by atoms with Gasteiger partial charge in [-0.25, -0.2) is 8.42 Å². The minimum atomic E-state index is -3.64. The van der Waals surface area contributed by atoms with E-state index < -0.39 is 9.84 Å². The molecule has 2 aromatic carbocycles. The second kappa shape index (κ2) is 8.65. The third-order valence-electron chi connectivity index (χ3n) is 5.41. The zero-order valence-corrected chi connectivity index (χ0v) is 19.1. The first-order chi connectivity index (χ1) is 14.7. The van der Waals surface area contributed by atoms with E-state index in [0.29, 0.717) is 29.1 Å². The molecule has 1 amide bonds. The second-order valence-corrected chi connectivity index (χ2v) is 10.5. The number of sulfone groups is 1. The summed E-state index contributed by atoms with van der Waals surface area (Å²) in [5.41, 5.74) is 1.34. The van der Waals surface area contributed by atoms with Crippen molar-refractivity contribution in [1.82, 2.24) is 9.47 Å². The van der Waals surface area contributed by atoms with Gasteiger partial charge < -0.3 is 14.2 Å². The predicted octanol–water partition coefficient (Wildman–Crippen LogP) is 3.90. The largest absolute Gasteiger partial charge is 0.372 e. The number of para-hydroxylation sites is 1. The highest BCUT2D eigenvalue weighted by molar-refractivity contribution is 7.90. The average molecular weight is 461 g/mol. The van der Waals surface area contributed by atoms with E-state index >= 15 is 0 Å². The third kappa shape index (κ3) is 4.79. The van der Waals surface area contributed by atoms with E-state index in [4.69, 9.17) is 16.3 Å². The van der Waals surface area contributed by atoms with Crippen molar-refractivity contribution in [3.05, 3.63) is 65.3 Å². The molecule has 164 valence electrons. The maximum absolute atomic E-state index is 13.2. The fraction of sp³-hybridized carbons (Fsp3) is 0.348. The lowest BCUT2D eigenvalue weighted by molar-refractivity contribution is -0.143. The maximum Gasteiger partial charge on any atom is 0.242 e. The topological polar surface area (TPSA) is 68.6 Å². The molecular weight excluding hydrogens is 436 g/mol. The number of carbonyl (C=O) groups is 1. The molecule has 2 atom stereocenters. The van der Waals surface area contributed by atoms with Gasteiger partial charge in [0.2, 0.25) is 5.91 Å². The molecule has 1 aliphatic heterocycles. The zero-order valence-electron chi connectivity index (χ0n) is 17.5. The van der Waals surface area contributed by atoms with Crippen molar-refractivity contribution < 1.29 is 17.9 Å². The summed E-state index contributed by atoms with van der Waals surface area (Å²) in [4.78, 5) is 15.0. The summed E-state index contributed by atoms with van der Waals surface area (Å²) >= 11 is 6.02. The first-order valence-electron chi connectivity index (χ1n) is 10.2. The Kier molecular flexibility index (Phi) is 6.10. The van der Waals surface area contributed by atoms with Gasteiger partial charge in [0.1, 0.15) is 6.54 Å². The lowest BCUT2D eigenvalue weighted by atomic mass is 10.2. The smallest absolute Gasteiger partial charge is 0.242 e. The van der Waals surface area contributed by atoms with Crippen LogP contribution in [-0.4, -0.2) is 49.1 Å². The molecule has 1 aliphatic rings. The lowest BCUT2D eigenvalue weighted by Crippen LogP contribution is -2.49.